The third-order valence-electron chi connectivity index (χ3n) is 5.23. The van der Waals surface area contributed by atoms with Gasteiger partial charge in [-0.05, 0) is 41.8 Å². The first-order valence-electron chi connectivity index (χ1n) is 11.4. The van der Waals surface area contributed by atoms with E-state index in [-0.39, 0.29) is 4.90 Å². The van der Waals surface area contributed by atoms with Crippen molar-refractivity contribution in [2.75, 3.05) is 13.2 Å². The number of aryl methyl sites for hydroxylation is 1. The summed E-state index contributed by atoms with van der Waals surface area (Å²) in [7, 11) is -3.68. The normalized spacial score (nSPS) is 13.9. The number of fused-ring (bicyclic) bond motifs is 2. The lowest BCUT2D eigenvalue weighted by Gasteiger charge is -2.26. The highest BCUT2D eigenvalue weighted by atomic mass is 32.2. The summed E-state index contributed by atoms with van der Waals surface area (Å²) < 4.78 is 33.7. The molecule has 6 nitrogen and oxygen atoms in total. The van der Waals surface area contributed by atoms with Gasteiger partial charge in [-0.25, -0.2) is 8.42 Å². The highest BCUT2D eigenvalue weighted by Crippen LogP contribution is 2.26. The van der Waals surface area contributed by atoms with Gasteiger partial charge in [0, 0.05) is 37.1 Å². The van der Waals surface area contributed by atoms with Crippen LogP contribution >= 0.6 is 0 Å². The highest BCUT2D eigenvalue weighted by molar-refractivity contribution is 7.89. The van der Waals surface area contributed by atoms with Gasteiger partial charge in [0.2, 0.25) is 10.0 Å². The molecule has 0 saturated carbocycles. The molecule has 0 bridgehead atoms. The van der Waals surface area contributed by atoms with Crippen LogP contribution in [-0.2, 0) is 27.9 Å². The van der Waals surface area contributed by atoms with Crippen molar-refractivity contribution in [3.63, 3.8) is 0 Å². The van der Waals surface area contributed by atoms with E-state index >= 15 is 0 Å². The van der Waals surface area contributed by atoms with Gasteiger partial charge in [0.15, 0.2) is 0 Å². The maximum atomic E-state index is 13.3. The second-order valence-corrected chi connectivity index (χ2v) is 9.43. The van der Waals surface area contributed by atoms with Gasteiger partial charge in [-0.3, -0.25) is 9.97 Å². The predicted molar refractivity (Wildman–Crippen MR) is 136 cm³/mol. The van der Waals surface area contributed by atoms with Crippen LogP contribution in [0.5, 0.6) is 0 Å². The second kappa shape index (κ2) is 12.4. The van der Waals surface area contributed by atoms with Crippen LogP contribution in [0, 0.1) is 6.92 Å². The number of nitrogens with zero attached hydrogens (tertiary/aromatic N) is 3. The summed E-state index contributed by atoms with van der Waals surface area (Å²) in [6.45, 7) is 7.56. The molecule has 7 heteroatoms. The van der Waals surface area contributed by atoms with Crippen molar-refractivity contribution in [1.29, 1.82) is 0 Å². The van der Waals surface area contributed by atoms with Gasteiger partial charge in [-0.1, -0.05) is 62.4 Å². The number of pyridine rings is 2. The Labute approximate surface area is 202 Å². The van der Waals surface area contributed by atoms with Gasteiger partial charge in [0.05, 0.1) is 18.7 Å². The molecule has 1 aliphatic heterocycles. The Morgan fingerprint density at radius 2 is 1.62 bits per heavy atom. The van der Waals surface area contributed by atoms with Crippen molar-refractivity contribution >= 4 is 20.9 Å². The predicted octanol–water partition coefficient (Wildman–Crippen LogP) is 5.37. The standard InChI is InChI=1S/C19H18N2O3S.C6H7N.C2H6/c22-25(23,18-9-3-7-15-8-4-10-20-19(15)18)21-11-12-24-14-17-6-2-1-5-16(17)13-21;1-6-3-2-4-7-5-6;1-2/h1-10H,11-14H2;2-5H,1H3;1-2H3. The maximum absolute atomic E-state index is 13.3. The second-order valence-electron chi connectivity index (χ2n) is 7.52. The first-order valence-corrected chi connectivity index (χ1v) is 12.8. The van der Waals surface area contributed by atoms with Crippen LogP contribution in [0.2, 0.25) is 0 Å². The zero-order valence-corrected chi connectivity index (χ0v) is 20.7. The molecule has 0 aliphatic carbocycles. The fourth-order valence-corrected chi connectivity index (χ4v) is 5.11. The van der Waals surface area contributed by atoms with E-state index in [0.717, 1.165) is 16.5 Å². The molecule has 0 N–H and O–H groups in total. The average molecular weight is 478 g/mol. The fraction of sp³-hybridized carbons (Fsp3) is 0.259. The number of benzene rings is 2. The first kappa shape index (κ1) is 25.5. The Morgan fingerprint density at radius 1 is 0.882 bits per heavy atom. The van der Waals surface area contributed by atoms with E-state index < -0.39 is 10.0 Å². The molecular weight excluding hydrogens is 446 g/mol. The SMILES string of the molecule is CC.Cc1cccnc1.O=S(=O)(c1cccc2cccnc12)N1CCOCc2ccccc2C1. The fourth-order valence-electron chi connectivity index (χ4n) is 3.55. The Bertz CT molecular complexity index is 1290. The van der Waals surface area contributed by atoms with E-state index in [4.69, 9.17) is 4.74 Å². The summed E-state index contributed by atoms with van der Waals surface area (Å²) in [5.74, 6) is 0. The Morgan fingerprint density at radius 3 is 2.32 bits per heavy atom. The minimum Gasteiger partial charge on any atom is -0.375 e. The minimum absolute atomic E-state index is 0.239. The number of sulfonamides is 1. The van der Waals surface area contributed by atoms with E-state index in [0.29, 0.717) is 31.8 Å². The number of para-hydroxylation sites is 1. The van der Waals surface area contributed by atoms with Crippen molar-refractivity contribution in [2.45, 2.75) is 38.8 Å². The van der Waals surface area contributed by atoms with Gasteiger partial charge in [-0.2, -0.15) is 4.31 Å². The van der Waals surface area contributed by atoms with Crippen molar-refractivity contribution < 1.29 is 13.2 Å². The number of aromatic nitrogens is 2. The summed E-state index contributed by atoms with van der Waals surface area (Å²) in [6, 6.07) is 20.7. The highest BCUT2D eigenvalue weighted by Gasteiger charge is 2.28. The smallest absolute Gasteiger partial charge is 0.245 e. The quantitative estimate of drug-likeness (QED) is 0.388. The van der Waals surface area contributed by atoms with Gasteiger partial charge in [0.1, 0.15) is 4.90 Å². The van der Waals surface area contributed by atoms with E-state index in [1.165, 1.54) is 9.87 Å². The maximum Gasteiger partial charge on any atom is 0.245 e. The van der Waals surface area contributed by atoms with Crippen molar-refractivity contribution in [1.82, 2.24) is 14.3 Å². The van der Waals surface area contributed by atoms with Crippen LogP contribution in [0.1, 0.15) is 30.5 Å². The van der Waals surface area contributed by atoms with Crippen molar-refractivity contribution in [2.24, 2.45) is 0 Å². The third kappa shape index (κ3) is 6.26. The summed E-state index contributed by atoms with van der Waals surface area (Å²) in [5.41, 5.74) is 3.71. The zero-order chi connectivity index (χ0) is 24.4. The molecule has 178 valence electrons. The summed E-state index contributed by atoms with van der Waals surface area (Å²) in [5, 5.41) is 0.812. The average Bonchev–Trinajstić information content (AvgIpc) is 2.86. The molecule has 0 amide bonds. The molecular formula is C27H31N3O3S. The molecule has 34 heavy (non-hydrogen) atoms. The largest absolute Gasteiger partial charge is 0.375 e. The van der Waals surface area contributed by atoms with E-state index in [2.05, 4.69) is 9.97 Å². The lowest BCUT2D eigenvalue weighted by molar-refractivity contribution is 0.102. The minimum atomic E-state index is -3.68. The van der Waals surface area contributed by atoms with E-state index in [1.54, 1.807) is 30.6 Å². The van der Waals surface area contributed by atoms with Crippen LogP contribution in [0.4, 0.5) is 0 Å². The van der Waals surface area contributed by atoms with Crippen LogP contribution in [0.25, 0.3) is 10.9 Å². The third-order valence-corrected chi connectivity index (χ3v) is 7.11. The van der Waals surface area contributed by atoms with E-state index in [9.17, 15) is 8.42 Å². The molecule has 3 heterocycles. The molecule has 0 saturated heterocycles. The lowest BCUT2D eigenvalue weighted by Crippen LogP contribution is -2.35. The van der Waals surface area contributed by atoms with Gasteiger partial charge in [0.25, 0.3) is 0 Å². The molecule has 1 aliphatic rings. The van der Waals surface area contributed by atoms with Gasteiger partial charge in [-0.15, -0.1) is 0 Å². The summed E-state index contributed by atoms with van der Waals surface area (Å²) in [4.78, 5) is 8.42. The Balaban J connectivity index is 0.000000306. The molecule has 0 unspecified atom stereocenters. The topological polar surface area (TPSA) is 72.4 Å². The van der Waals surface area contributed by atoms with Crippen molar-refractivity contribution in [3.8, 4) is 0 Å². The van der Waals surface area contributed by atoms with Crippen LogP contribution in [0.15, 0.2) is 90.2 Å². The lowest BCUT2D eigenvalue weighted by atomic mass is 10.1. The van der Waals surface area contributed by atoms with Crippen molar-refractivity contribution in [3.05, 3.63) is 102 Å². The van der Waals surface area contributed by atoms with Gasteiger partial charge < -0.3 is 4.74 Å². The summed E-state index contributed by atoms with van der Waals surface area (Å²) in [6.07, 6.45) is 5.22. The first-order chi connectivity index (χ1) is 16.6. The Kier molecular flexibility index (Phi) is 9.27. The molecule has 0 radical (unpaired) electrons. The molecule has 4 aromatic rings. The van der Waals surface area contributed by atoms with Crippen LogP contribution in [0.3, 0.4) is 0 Å². The van der Waals surface area contributed by atoms with Gasteiger partial charge >= 0.3 is 0 Å². The molecule has 0 atom stereocenters. The van der Waals surface area contributed by atoms with Crippen LogP contribution in [-0.4, -0.2) is 35.8 Å². The number of hydrogen-bond donors (Lipinski definition) is 0. The Hall–Kier alpha value is -3.13. The van der Waals surface area contributed by atoms with E-state index in [1.807, 2.05) is 75.5 Å². The molecule has 0 fully saturated rings. The number of ether oxygens (including phenoxy) is 1. The molecule has 5 rings (SSSR count). The monoisotopic (exact) mass is 477 g/mol. The zero-order valence-electron chi connectivity index (χ0n) is 19.9. The summed E-state index contributed by atoms with van der Waals surface area (Å²) >= 11 is 0. The number of hydrogen-bond acceptors (Lipinski definition) is 5. The molecule has 2 aromatic carbocycles. The van der Waals surface area contributed by atoms with Crippen LogP contribution < -0.4 is 0 Å². The molecule has 0 spiro atoms. The number of rotatable bonds is 2. The molecule has 2 aromatic heterocycles.